The Morgan fingerprint density at radius 2 is 2.12 bits per heavy atom. The highest BCUT2D eigenvalue weighted by atomic mass is 32.2. The van der Waals surface area contributed by atoms with E-state index < -0.39 is 0 Å². The molecule has 1 aliphatic rings. The molecule has 4 heterocycles. The van der Waals surface area contributed by atoms with Gasteiger partial charge in [-0.25, -0.2) is 4.98 Å². The van der Waals surface area contributed by atoms with E-state index in [1.807, 2.05) is 36.6 Å². The summed E-state index contributed by atoms with van der Waals surface area (Å²) in [7, 11) is 1.65. The van der Waals surface area contributed by atoms with E-state index >= 15 is 0 Å². The number of hydrogen-bond donors (Lipinski definition) is 0. The summed E-state index contributed by atoms with van der Waals surface area (Å²) in [6.07, 6.45) is 2.24. The van der Waals surface area contributed by atoms with Gasteiger partial charge in [-0.1, -0.05) is 11.8 Å². The third kappa shape index (κ3) is 4.17. The number of nitrogens with zero attached hydrogens (tertiary/aromatic N) is 5. The van der Waals surface area contributed by atoms with Gasteiger partial charge in [-0.15, -0.1) is 21.5 Å². The molecule has 3 aromatic heterocycles. The average Bonchev–Trinajstić information content (AvgIpc) is 3.54. The molecule has 8 nitrogen and oxygen atoms in total. The van der Waals surface area contributed by atoms with Crippen molar-refractivity contribution in [3.63, 3.8) is 0 Å². The van der Waals surface area contributed by atoms with Crippen molar-refractivity contribution in [2.45, 2.75) is 43.3 Å². The summed E-state index contributed by atoms with van der Waals surface area (Å²) in [5, 5.41) is 11.7. The van der Waals surface area contributed by atoms with Crippen LogP contribution in [0.1, 0.15) is 24.2 Å². The number of fused-ring (bicyclic) bond motifs is 1. The fourth-order valence-electron chi connectivity index (χ4n) is 3.82. The molecule has 0 spiro atoms. The largest absolute Gasteiger partial charge is 0.497 e. The maximum absolute atomic E-state index is 12.5. The summed E-state index contributed by atoms with van der Waals surface area (Å²) >= 11 is 3.01. The van der Waals surface area contributed by atoms with E-state index in [0.29, 0.717) is 17.3 Å². The van der Waals surface area contributed by atoms with E-state index in [1.165, 1.54) is 23.1 Å². The van der Waals surface area contributed by atoms with Crippen molar-refractivity contribution < 1.29 is 9.47 Å². The standard InChI is InChI=1S/C22H23N5O3S2/c1-14-12-31-21-23-16(10-19(28)27(14)21)13-32-22-25-24-20(15-5-7-17(29-2)8-6-15)26(22)11-18-4-3-9-30-18/h5-8,10,12,18H,3-4,9,11,13H2,1-2H3. The molecule has 1 saturated heterocycles. The number of thiazole rings is 1. The lowest BCUT2D eigenvalue weighted by Gasteiger charge is -2.15. The second kappa shape index (κ2) is 9.05. The molecule has 0 bridgehead atoms. The van der Waals surface area contributed by atoms with E-state index in [2.05, 4.69) is 19.7 Å². The number of ether oxygens (including phenoxy) is 2. The number of aryl methyl sites for hydroxylation is 1. The molecule has 1 aliphatic heterocycles. The first kappa shape index (κ1) is 21.2. The quantitative estimate of drug-likeness (QED) is 0.381. The van der Waals surface area contributed by atoms with Gasteiger partial charge in [-0.3, -0.25) is 13.8 Å². The van der Waals surface area contributed by atoms with Crippen LogP contribution in [0.25, 0.3) is 16.3 Å². The molecule has 0 radical (unpaired) electrons. The van der Waals surface area contributed by atoms with Crippen LogP contribution < -0.4 is 10.3 Å². The third-order valence-corrected chi connectivity index (χ3v) is 7.40. The lowest BCUT2D eigenvalue weighted by molar-refractivity contribution is 0.0953. The summed E-state index contributed by atoms with van der Waals surface area (Å²) in [4.78, 5) is 17.9. The molecule has 166 valence electrons. The molecule has 10 heteroatoms. The molecule has 32 heavy (non-hydrogen) atoms. The zero-order chi connectivity index (χ0) is 22.1. The second-order valence-electron chi connectivity index (χ2n) is 7.65. The molecule has 4 aromatic rings. The van der Waals surface area contributed by atoms with Crippen LogP contribution >= 0.6 is 23.1 Å². The van der Waals surface area contributed by atoms with Gasteiger partial charge < -0.3 is 9.47 Å². The van der Waals surface area contributed by atoms with Crippen LogP contribution in [0.5, 0.6) is 5.75 Å². The fraction of sp³-hybridized carbons (Fsp3) is 0.364. The lowest BCUT2D eigenvalue weighted by atomic mass is 10.2. The van der Waals surface area contributed by atoms with E-state index in [1.54, 1.807) is 17.6 Å². The van der Waals surface area contributed by atoms with Gasteiger partial charge in [0, 0.05) is 35.1 Å². The van der Waals surface area contributed by atoms with Crippen molar-refractivity contribution in [3.8, 4) is 17.1 Å². The Morgan fingerprint density at radius 3 is 2.88 bits per heavy atom. The first-order valence-corrected chi connectivity index (χ1v) is 12.3. The van der Waals surface area contributed by atoms with Crippen molar-refractivity contribution >= 4 is 28.1 Å². The minimum atomic E-state index is -0.0518. The maximum atomic E-state index is 12.5. The van der Waals surface area contributed by atoms with E-state index in [9.17, 15) is 4.79 Å². The Hall–Kier alpha value is -2.69. The van der Waals surface area contributed by atoms with Crippen LogP contribution in [0.15, 0.2) is 45.7 Å². The van der Waals surface area contributed by atoms with Gasteiger partial charge >= 0.3 is 0 Å². The Kier molecular flexibility index (Phi) is 5.99. The molecule has 0 aliphatic carbocycles. The molecule has 1 unspecified atom stereocenters. The van der Waals surface area contributed by atoms with Gasteiger partial charge in [0.2, 0.25) is 0 Å². The van der Waals surface area contributed by atoms with Gasteiger partial charge in [0.15, 0.2) is 15.9 Å². The second-order valence-corrected chi connectivity index (χ2v) is 9.43. The zero-order valence-electron chi connectivity index (χ0n) is 17.9. The maximum Gasteiger partial charge on any atom is 0.258 e. The number of hydrogen-bond acceptors (Lipinski definition) is 8. The van der Waals surface area contributed by atoms with Crippen molar-refractivity contribution in [2.75, 3.05) is 13.7 Å². The normalized spacial score (nSPS) is 16.1. The lowest BCUT2D eigenvalue weighted by Crippen LogP contribution is -2.17. The summed E-state index contributed by atoms with van der Waals surface area (Å²) in [6, 6.07) is 9.41. The van der Waals surface area contributed by atoms with Crippen molar-refractivity contribution in [2.24, 2.45) is 0 Å². The highest BCUT2D eigenvalue weighted by molar-refractivity contribution is 7.98. The monoisotopic (exact) mass is 469 g/mol. The smallest absolute Gasteiger partial charge is 0.258 e. The van der Waals surface area contributed by atoms with E-state index in [-0.39, 0.29) is 11.7 Å². The number of thioether (sulfide) groups is 1. The number of aromatic nitrogens is 5. The van der Waals surface area contributed by atoms with Gasteiger partial charge in [0.1, 0.15) is 5.75 Å². The van der Waals surface area contributed by atoms with Crippen LogP contribution in [-0.4, -0.2) is 44.0 Å². The molecule has 0 amide bonds. The predicted molar refractivity (Wildman–Crippen MR) is 125 cm³/mol. The summed E-state index contributed by atoms with van der Waals surface area (Å²) in [5.74, 6) is 2.13. The van der Waals surface area contributed by atoms with E-state index in [4.69, 9.17) is 9.47 Å². The molecule has 0 saturated carbocycles. The van der Waals surface area contributed by atoms with Gasteiger partial charge in [0.05, 0.1) is 25.5 Å². The Balaban J connectivity index is 1.43. The van der Waals surface area contributed by atoms with Crippen LogP contribution in [0.4, 0.5) is 0 Å². The number of methoxy groups -OCH3 is 1. The van der Waals surface area contributed by atoms with Gasteiger partial charge in [-0.05, 0) is 44.0 Å². The fourth-order valence-corrected chi connectivity index (χ4v) is 5.55. The Bertz CT molecular complexity index is 1290. The van der Waals surface area contributed by atoms with Gasteiger partial charge in [0.25, 0.3) is 5.56 Å². The first-order chi connectivity index (χ1) is 15.6. The van der Waals surface area contributed by atoms with Crippen molar-refractivity contribution in [3.05, 3.63) is 57.5 Å². The Morgan fingerprint density at radius 1 is 1.28 bits per heavy atom. The Labute approximate surface area is 193 Å². The average molecular weight is 470 g/mol. The summed E-state index contributed by atoms with van der Waals surface area (Å²) in [5.41, 5.74) is 2.56. The molecular weight excluding hydrogens is 446 g/mol. The minimum absolute atomic E-state index is 0.0518. The zero-order valence-corrected chi connectivity index (χ0v) is 19.5. The highest BCUT2D eigenvalue weighted by Gasteiger charge is 2.22. The van der Waals surface area contributed by atoms with Crippen LogP contribution in [0.2, 0.25) is 0 Å². The topological polar surface area (TPSA) is 83.5 Å². The van der Waals surface area contributed by atoms with Crippen LogP contribution in [-0.2, 0) is 17.0 Å². The molecule has 5 rings (SSSR count). The SMILES string of the molecule is COc1ccc(-c2nnc(SCc3cc(=O)n4c(C)csc4n3)n2CC2CCCO2)cc1. The highest BCUT2D eigenvalue weighted by Crippen LogP contribution is 2.29. The first-order valence-electron chi connectivity index (χ1n) is 10.4. The molecular formula is C22H23N5O3S2. The molecule has 1 aromatic carbocycles. The predicted octanol–water partition coefficient (Wildman–Crippen LogP) is 3.80. The molecule has 0 N–H and O–H groups in total. The van der Waals surface area contributed by atoms with Crippen molar-refractivity contribution in [1.29, 1.82) is 0 Å². The summed E-state index contributed by atoms with van der Waals surface area (Å²) < 4.78 is 14.9. The number of benzene rings is 1. The van der Waals surface area contributed by atoms with Crippen LogP contribution in [0.3, 0.4) is 0 Å². The van der Waals surface area contributed by atoms with E-state index in [0.717, 1.165) is 53.1 Å². The third-order valence-electron chi connectivity index (χ3n) is 5.45. The van der Waals surface area contributed by atoms with Crippen molar-refractivity contribution in [1.82, 2.24) is 24.1 Å². The number of rotatable bonds is 7. The van der Waals surface area contributed by atoms with Gasteiger partial charge in [-0.2, -0.15) is 0 Å². The molecule has 1 atom stereocenters. The summed E-state index contributed by atoms with van der Waals surface area (Å²) in [6.45, 7) is 3.40. The minimum Gasteiger partial charge on any atom is -0.497 e. The van der Waals surface area contributed by atoms with Crippen LogP contribution in [0, 0.1) is 6.92 Å². The molecule has 1 fully saturated rings.